The van der Waals surface area contributed by atoms with Crippen LogP contribution in [0.15, 0.2) is 41.1 Å². The van der Waals surface area contributed by atoms with Crippen LogP contribution in [0.3, 0.4) is 0 Å². The molecule has 2 aromatic rings. The van der Waals surface area contributed by atoms with E-state index in [0.717, 1.165) is 29.7 Å². The number of thiophene rings is 1. The largest absolute Gasteiger partial charge is 0.490 e. The Hall–Kier alpha value is -1.32. The third kappa shape index (κ3) is 2.51. The zero-order valence-corrected chi connectivity index (χ0v) is 10.2. The summed E-state index contributed by atoms with van der Waals surface area (Å²) in [5, 5.41) is 14.2. The van der Waals surface area contributed by atoms with Crippen LogP contribution in [0.2, 0.25) is 0 Å². The van der Waals surface area contributed by atoms with Crippen molar-refractivity contribution in [2.24, 2.45) is 0 Å². The molecule has 1 aromatic heterocycles. The monoisotopic (exact) mass is 246 g/mol. The van der Waals surface area contributed by atoms with Crippen molar-refractivity contribution in [3.63, 3.8) is 0 Å². The smallest absolute Gasteiger partial charge is 0.120 e. The van der Waals surface area contributed by atoms with Crippen LogP contribution in [-0.2, 0) is 0 Å². The van der Waals surface area contributed by atoms with E-state index in [-0.39, 0.29) is 0 Å². The molecule has 3 rings (SSSR count). The van der Waals surface area contributed by atoms with Crippen LogP contribution in [0.5, 0.6) is 5.75 Å². The Labute approximate surface area is 104 Å². The number of benzene rings is 1. The van der Waals surface area contributed by atoms with E-state index < -0.39 is 6.10 Å². The number of hydrogen-bond acceptors (Lipinski definition) is 3. The molecular formula is C14H14O2S. The van der Waals surface area contributed by atoms with Gasteiger partial charge in [-0.05, 0) is 52.9 Å². The SMILES string of the molecule is OC(c1ccsc1)c1cccc(OC2CC2)c1. The van der Waals surface area contributed by atoms with Crippen LogP contribution in [0.4, 0.5) is 0 Å². The van der Waals surface area contributed by atoms with Crippen LogP contribution in [0.25, 0.3) is 0 Å². The molecule has 1 aliphatic rings. The highest BCUT2D eigenvalue weighted by atomic mass is 32.1. The summed E-state index contributed by atoms with van der Waals surface area (Å²) in [6, 6.07) is 9.69. The van der Waals surface area contributed by atoms with Crippen molar-refractivity contribution in [2.75, 3.05) is 0 Å². The van der Waals surface area contributed by atoms with E-state index >= 15 is 0 Å². The molecule has 0 aliphatic heterocycles. The summed E-state index contributed by atoms with van der Waals surface area (Å²) in [7, 11) is 0. The van der Waals surface area contributed by atoms with Crippen molar-refractivity contribution >= 4 is 11.3 Å². The molecule has 1 unspecified atom stereocenters. The summed E-state index contributed by atoms with van der Waals surface area (Å²) in [5.41, 5.74) is 1.83. The molecule has 1 heterocycles. The fraction of sp³-hybridized carbons (Fsp3) is 0.286. The Bertz CT molecular complexity index is 489. The highest BCUT2D eigenvalue weighted by molar-refractivity contribution is 7.07. The van der Waals surface area contributed by atoms with E-state index in [4.69, 9.17) is 4.74 Å². The zero-order chi connectivity index (χ0) is 11.7. The number of hydrogen-bond donors (Lipinski definition) is 1. The number of aliphatic hydroxyl groups excluding tert-OH is 1. The summed E-state index contributed by atoms with van der Waals surface area (Å²) in [5.74, 6) is 0.860. The minimum absolute atomic E-state index is 0.392. The van der Waals surface area contributed by atoms with Gasteiger partial charge in [0.1, 0.15) is 11.9 Å². The quantitative estimate of drug-likeness (QED) is 0.896. The molecule has 0 radical (unpaired) electrons. The van der Waals surface area contributed by atoms with Gasteiger partial charge in [-0.2, -0.15) is 11.3 Å². The fourth-order valence-electron chi connectivity index (χ4n) is 1.76. The summed E-state index contributed by atoms with van der Waals surface area (Å²) in [4.78, 5) is 0. The van der Waals surface area contributed by atoms with Gasteiger partial charge in [0, 0.05) is 0 Å². The van der Waals surface area contributed by atoms with Crippen molar-refractivity contribution in [3.05, 3.63) is 52.2 Å². The molecule has 0 spiro atoms. The standard InChI is InChI=1S/C14H14O2S/c15-14(11-6-7-17-9-11)10-2-1-3-13(8-10)16-12-4-5-12/h1-3,6-9,12,14-15H,4-5H2. The summed E-state index contributed by atoms with van der Waals surface area (Å²) in [6.45, 7) is 0. The topological polar surface area (TPSA) is 29.5 Å². The zero-order valence-electron chi connectivity index (χ0n) is 9.37. The molecule has 0 saturated heterocycles. The van der Waals surface area contributed by atoms with Crippen LogP contribution in [0.1, 0.15) is 30.1 Å². The molecule has 1 atom stereocenters. The van der Waals surface area contributed by atoms with Crippen LogP contribution in [0, 0.1) is 0 Å². The number of rotatable bonds is 4. The van der Waals surface area contributed by atoms with Crippen molar-refractivity contribution in [1.82, 2.24) is 0 Å². The molecule has 0 amide bonds. The van der Waals surface area contributed by atoms with Crippen LogP contribution in [-0.4, -0.2) is 11.2 Å². The summed E-state index contributed by atoms with van der Waals surface area (Å²) in [6.07, 6.45) is 2.14. The Morgan fingerprint density at radius 3 is 2.82 bits per heavy atom. The van der Waals surface area contributed by atoms with E-state index in [0.29, 0.717) is 6.10 Å². The van der Waals surface area contributed by atoms with E-state index in [9.17, 15) is 5.11 Å². The van der Waals surface area contributed by atoms with Gasteiger partial charge in [-0.15, -0.1) is 0 Å². The van der Waals surface area contributed by atoms with E-state index in [1.165, 1.54) is 0 Å². The van der Waals surface area contributed by atoms with Crippen LogP contribution < -0.4 is 4.74 Å². The molecular weight excluding hydrogens is 232 g/mol. The minimum atomic E-state index is -0.552. The summed E-state index contributed by atoms with van der Waals surface area (Å²) >= 11 is 1.60. The highest BCUT2D eigenvalue weighted by Gasteiger charge is 2.23. The maximum absolute atomic E-state index is 10.2. The minimum Gasteiger partial charge on any atom is -0.490 e. The Morgan fingerprint density at radius 1 is 1.24 bits per heavy atom. The van der Waals surface area contributed by atoms with Gasteiger partial charge in [-0.25, -0.2) is 0 Å². The van der Waals surface area contributed by atoms with Gasteiger partial charge in [0.25, 0.3) is 0 Å². The van der Waals surface area contributed by atoms with Gasteiger partial charge < -0.3 is 9.84 Å². The predicted molar refractivity (Wildman–Crippen MR) is 68.5 cm³/mol. The first-order chi connectivity index (χ1) is 8.33. The lowest BCUT2D eigenvalue weighted by atomic mass is 10.0. The Kier molecular flexibility index (Phi) is 2.87. The third-order valence-corrected chi connectivity index (χ3v) is 3.56. The van der Waals surface area contributed by atoms with Gasteiger partial charge in [0.2, 0.25) is 0 Å². The first-order valence-corrected chi connectivity index (χ1v) is 6.74. The molecule has 1 fully saturated rings. The lowest BCUT2D eigenvalue weighted by Gasteiger charge is -2.11. The van der Waals surface area contributed by atoms with E-state index in [1.54, 1.807) is 11.3 Å². The van der Waals surface area contributed by atoms with Gasteiger partial charge in [-0.3, -0.25) is 0 Å². The maximum Gasteiger partial charge on any atom is 0.120 e. The average molecular weight is 246 g/mol. The maximum atomic E-state index is 10.2. The lowest BCUT2D eigenvalue weighted by Crippen LogP contribution is -2.00. The number of ether oxygens (including phenoxy) is 1. The van der Waals surface area contributed by atoms with Crippen molar-refractivity contribution in [1.29, 1.82) is 0 Å². The molecule has 1 aliphatic carbocycles. The van der Waals surface area contributed by atoms with Gasteiger partial charge in [-0.1, -0.05) is 12.1 Å². The van der Waals surface area contributed by atoms with Crippen molar-refractivity contribution < 1.29 is 9.84 Å². The second kappa shape index (κ2) is 4.51. The van der Waals surface area contributed by atoms with E-state index in [1.807, 2.05) is 41.1 Å². The van der Waals surface area contributed by atoms with Gasteiger partial charge in [0.05, 0.1) is 6.10 Å². The first kappa shape index (κ1) is 10.8. The average Bonchev–Trinajstić information content (AvgIpc) is 2.99. The molecule has 88 valence electrons. The van der Waals surface area contributed by atoms with Crippen molar-refractivity contribution in [2.45, 2.75) is 25.0 Å². The molecule has 3 heteroatoms. The highest BCUT2D eigenvalue weighted by Crippen LogP contribution is 2.30. The van der Waals surface area contributed by atoms with Crippen molar-refractivity contribution in [3.8, 4) is 5.75 Å². The molecule has 1 aromatic carbocycles. The molecule has 1 saturated carbocycles. The summed E-state index contributed by atoms with van der Waals surface area (Å²) < 4.78 is 5.72. The van der Waals surface area contributed by atoms with Gasteiger partial charge in [0.15, 0.2) is 0 Å². The molecule has 2 nitrogen and oxygen atoms in total. The van der Waals surface area contributed by atoms with Gasteiger partial charge >= 0.3 is 0 Å². The van der Waals surface area contributed by atoms with E-state index in [2.05, 4.69) is 0 Å². The number of aliphatic hydroxyl groups is 1. The molecule has 0 bridgehead atoms. The predicted octanol–water partition coefficient (Wildman–Crippen LogP) is 3.37. The normalized spacial score (nSPS) is 16.8. The third-order valence-electron chi connectivity index (χ3n) is 2.86. The lowest BCUT2D eigenvalue weighted by molar-refractivity contribution is 0.219. The second-order valence-electron chi connectivity index (χ2n) is 4.35. The first-order valence-electron chi connectivity index (χ1n) is 5.80. The fourth-order valence-corrected chi connectivity index (χ4v) is 2.44. The second-order valence-corrected chi connectivity index (χ2v) is 5.13. The molecule has 1 N–H and O–H groups in total. The van der Waals surface area contributed by atoms with Crippen LogP contribution >= 0.6 is 11.3 Å². The Morgan fingerprint density at radius 2 is 2.12 bits per heavy atom. The molecule has 17 heavy (non-hydrogen) atoms. The Balaban J connectivity index is 1.81.